The molecule has 3 rings (SSSR count). The summed E-state index contributed by atoms with van der Waals surface area (Å²) in [5.74, 6) is -0.861. The smallest absolute Gasteiger partial charge is 0.335 e. The summed E-state index contributed by atoms with van der Waals surface area (Å²) in [6, 6.07) is 5.43. The Hall–Kier alpha value is -1.55. The van der Waals surface area contributed by atoms with E-state index in [4.69, 9.17) is 9.84 Å². The minimum atomic E-state index is -0.861. The van der Waals surface area contributed by atoms with Gasteiger partial charge in [-0.1, -0.05) is 6.07 Å². The number of hydrogen-bond donors (Lipinski definition) is 1. The first kappa shape index (κ1) is 12.5. The standard InChI is InChI=1S/C15H19NO3/c1-10-2-5-13(19-10)9-16-7-6-11-3-4-12(15(17)18)8-14(11)16/h3-4,8,10,13H,2,5-7,9H2,1H3,(H,17,18). The van der Waals surface area contributed by atoms with Crippen molar-refractivity contribution < 1.29 is 14.6 Å². The lowest BCUT2D eigenvalue weighted by Gasteiger charge is -2.23. The first-order chi connectivity index (χ1) is 9.13. The number of carboxylic acids is 1. The molecule has 2 aliphatic rings. The number of ether oxygens (including phenoxy) is 1. The molecule has 0 bridgehead atoms. The van der Waals surface area contributed by atoms with E-state index < -0.39 is 5.97 Å². The molecule has 2 atom stereocenters. The second kappa shape index (κ2) is 4.85. The summed E-state index contributed by atoms with van der Waals surface area (Å²) < 4.78 is 5.86. The highest BCUT2D eigenvalue weighted by molar-refractivity contribution is 5.89. The Bertz CT molecular complexity index is 500. The van der Waals surface area contributed by atoms with E-state index in [0.29, 0.717) is 11.7 Å². The van der Waals surface area contributed by atoms with Gasteiger partial charge in [0.05, 0.1) is 17.8 Å². The second-order valence-corrected chi connectivity index (χ2v) is 5.49. The number of anilines is 1. The van der Waals surface area contributed by atoms with Gasteiger partial charge in [-0.2, -0.15) is 0 Å². The van der Waals surface area contributed by atoms with Crippen LogP contribution in [0.1, 0.15) is 35.7 Å². The van der Waals surface area contributed by atoms with Crippen molar-refractivity contribution in [3.05, 3.63) is 29.3 Å². The lowest BCUT2D eigenvalue weighted by Crippen LogP contribution is -2.31. The van der Waals surface area contributed by atoms with E-state index in [9.17, 15) is 4.79 Å². The van der Waals surface area contributed by atoms with Crippen molar-refractivity contribution >= 4 is 11.7 Å². The van der Waals surface area contributed by atoms with Gasteiger partial charge < -0.3 is 14.7 Å². The molecule has 0 amide bonds. The number of carbonyl (C=O) groups is 1. The van der Waals surface area contributed by atoms with Crippen LogP contribution in [0.25, 0.3) is 0 Å². The zero-order chi connectivity index (χ0) is 13.4. The fourth-order valence-electron chi connectivity index (χ4n) is 3.03. The lowest BCUT2D eigenvalue weighted by atomic mass is 10.1. The van der Waals surface area contributed by atoms with E-state index in [1.165, 1.54) is 5.56 Å². The fraction of sp³-hybridized carbons (Fsp3) is 0.533. The highest BCUT2D eigenvalue weighted by Gasteiger charge is 2.27. The molecule has 0 aromatic heterocycles. The molecule has 1 saturated heterocycles. The predicted octanol–water partition coefficient (Wildman–Crippen LogP) is 2.31. The average Bonchev–Trinajstić information content (AvgIpc) is 2.96. The van der Waals surface area contributed by atoms with Crippen LogP contribution in [0.4, 0.5) is 5.69 Å². The van der Waals surface area contributed by atoms with Gasteiger partial charge in [-0.3, -0.25) is 0 Å². The Balaban J connectivity index is 1.77. The summed E-state index contributed by atoms with van der Waals surface area (Å²) in [6.07, 6.45) is 3.87. The van der Waals surface area contributed by atoms with Gasteiger partial charge in [0, 0.05) is 18.8 Å². The zero-order valence-electron chi connectivity index (χ0n) is 11.1. The summed E-state index contributed by atoms with van der Waals surface area (Å²) in [7, 11) is 0. The van der Waals surface area contributed by atoms with Gasteiger partial charge in [0.2, 0.25) is 0 Å². The van der Waals surface area contributed by atoms with Gasteiger partial charge in [0.25, 0.3) is 0 Å². The molecular formula is C15H19NO3. The van der Waals surface area contributed by atoms with Crippen molar-refractivity contribution in [2.75, 3.05) is 18.0 Å². The van der Waals surface area contributed by atoms with Gasteiger partial charge >= 0.3 is 5.97 Å². The maximum atomic E-state index is 11.1. The van der Waals surface area contributed by atoms with Crippen molar-refractivity contribution in [1.29, 1.82) is 0 Å². The minimum absolute atomic E-state index is 0.287. The van der Waals surface area contributed by atoms with Crippen LogP contribution in [0.15, 0.2) is 18.2 Å². The Labute approximate surface area is 113 Å². The molecule has 0 radical (unpaired) electrons. The molecule has 0 spiro atoms. The lowest BCUT2D eigenvalue weighted by molar-refractivity contribution is 0.0602. The highest BCUT2D eigenvalue weighted by Crippen LogP contribution is 2.31. The molecule has 2 aliphatic heterocycles. The predicted molar refractivity (Wildman–Crippen MR) is 72.9 cm³/mol. The maximum Gasteiger partial charge on any atom is 0.335 e. The Morgan fingerprint density at radius 2 is 2.32 bits per heavy atom. The first-order valence-electron chi connectivity index (χ1n) is 6.90. The number of benzene rings is 1. The third kappa shape index (κ3) is 2.45. The maximum absolute atomic E-state index is 11.1. The third-order valence-corrected chi connectivity index (χ3v) is 4.07. The van der Waals surface area contributed by atoms with Crippen LogP contribution >= 0.6 is 0 Å². The van der Waals surface area contributed by atoms with E-state index in [2.05, 4.69) is 11.8 Å². The summed E-state index contributed by atoms with van der Waals surface area (Å²) in [5.41, 5.74) is 2.69. The molecule has 19 heavy (non-hydrogen) atoms. The Morgan fingerprint density at radius 3 is 3.00 bits per heavy atom. The quantitative estimate of drug-likeness (QED) is 0.907. The SMILES string of the molecule is CC1CCC(CN2CCc3ccc(C(=O)O)cc32)O1. The fourth-order valence-corrected chi connectivity index (χ4v) is 3.03. The summed E-state index contributed by atoms with van der Waals surface area (Å²) >= 11 is 0. The number of aromatic carboxylic acids is 1. The molecule has 1 fully saturated rings. The minimum Gasteiger partial charge on any atom is -0.478 e. The normalized spacial score (nSPS) is 25.6. The van der Waals surface area contributed by atoms with Gasteiger partial charge in [-0.25, -0.2) is 4.79 Å². The number of carboxylic acid groups (broad SMARTS) is 1. The van der Waals surface area contributed by atoms with Crippen molar-refractivity contribution in [1.82, 2.24) is 0 Å². The molecular weight excluding hydrogens is 242 g/mol. The largest absolute Gasteiger partial charge is 0.478 e. The summed E-state index contributed by atoms with van der Waals surface area (Å²) in [4.78, 5) is 13.3. The molecule has 0 aliphatic carbocycles. The molecule has 4 heteroatoms. The van der Waals surface area contributed by atoms with E-state index >= 15 is 0 Å². The van der Waals surface area contributed by atoms with Gasteiger partial charge in [0.15, 0.2) is 0 Å². The number of fused-ring (bicyclic) bond motifs is 1. The number of hydrogen-bond acceptors (Lipinski definition) is 3. The van der Waals surface area contributed by atoms with E-state index in [1.807, 2.05) is 6.07 Å². The molecule has 1 aromatic carbocycles. The average molecular weight is 261 g/mol. The van der Waals surface area contributed by atoms with Crippen molar-refractivity contribution in [2.24, 2.45) is 0 Å². The first-order valence-corrected chi connectivity index (χ1v) is 6.90. The highest BCUT2D eigenvalue weighted by atomic mass is 16.5. The molecule has 0 saturated carbocycles. The molecule has 2 heterocycles. The van der Waals surface area contributed by atoms with Gasteiger partial charge in [-0.15, -0.1) is 0 Å². The third-order valence-electron chi connectivity index (χ3n) is 4.07. The van der Waals surface area contributed by atoms with E-state index in [0.717, 1.165) is 38.0 Å². The van der Waals surface area contributed by atoms with Crippen LogP contribution in [0.2, 0.25) is 0 Å². The monoisotopic (exact) mass is 261 g/mol. The number of nitrogens with zero attached hydrogens (tertiary/aromatic N) is 1. The summed E-state index contributed by atoms with van der Waals surface area (Å²) in [6.45, 7) is 3.95. The zero-order valence-corrected chi connectivity index (χ0v) is 11.1. The van der Waals surface area contributed by atoms with Crippen LogP contribution < -0.4 is 4.90 Å². The van der Waals surface area contributed by atoms with Crippen molar-refractivity contribution in [3.8, 4) is 0 Å². The molecule has 2 unspecified atom stereocenters. The van der Waals surface area contributed by atoms with Gasteiger partial charge in [-0.05, 0) is 43.9 Å². The van der Waals surface area contributed by atoms with Crippen LogP contribution in [-0.4, -0.2) is 36.4 Å². The topological polar surface area (TPSA) is 49.8 Å². The van der Waals surface area contributed by atoms with Crippen LogP contribution in [-0.2, 0) is 11.2 Å². The number of rotatable bonds is 3. The molecule has 1 aromatic rings. The van der Waals surface area contributed by atoms with Crippen molar-refractivity contribution in [3.63, 3.8) is 0 Å². The van der Waals surface area contributed by atoms with Crippen LogP contribution in [0.3, 0.4) is 0 Å². The molecule has 102 valence electrons. The van der Waals surface area contributed by atoms with Crippen molar-refractivity contribution in [2.45, 2.75) is 38.4 Å². The molecule has 1 N–H and O–H groups in total. The molecule has 4 nitrogen and oxygen atoms in total. The van der Waals surface area contributed by atoms with Crippen LogP contribution in [0, 0.1) is 0 Å². The second-order valence-electron chi connectivity index (χ2n) is 5.49. The van der Waals surface area contributed by atoms with Gasteiger partial charge in [0.1, 0.15) is 0 Å². The van der Waals surface area contributed by atoms with Crippen LogP contribution in [0.5, 0.6) is 0 Å². The summed E-state index contributed by atoms with van der Waals surface area (Å²) in [5, 5.41) is 9.08. The Morgan fingerprint density at radius 1 is 1.47 bits per heavy atom. The Kier molecular flexibility index (Phi) is 3.19. The van der Waals surface area contributed by atoms with E-state index in [-0.39, 0.29) is 6.10 Å². The van der Waals surface area contributed by atoms with E-state index in [1.54, 1.807) is 12.1 Å².